The van der Waals surface area contributed by atoms with Gasteiger partial charge in [0.15, 0.2) is 0 Å². The molecule has 8 nitrogen and oxygen atoms in total. The van der Waals surface area contributed by atoms with Gasteiger partial charge in [0, 0.05) is 30.8 Å². The molecule has 4 aliphatic heterocycles. The number of anilines is 1. The van der Waals surface area contributed by atoms with Crippen molar-refractivity contribution in [1.82, 2.24) is 9.80 Å². The molecular formula is C27H32ClN3O5. The SMILES string of the molecule is CC(C)C[C@H](CO)N1C(=O)[C@@H]2[C@@H]3C(=O)N(C)CC=C[C@@H]3O[C@@]23C=CCN(c2ccc(Cl)cc2)C(=O)C13. The Bertz CT molecular complexity index is 1120. The van der Waals surface area contributed by atoms with Crippen molar-refractivity contribution in [3.63, 3.8) is 0 Å². The van der Waals surface area contributed by atoms with Crippen molar-refractivity contribution in [3.8, 4) is 0 Å². The zero-order valence-electron chi connectivity index (χ0n) is 20.7. The van der Waals surface area contributed by atoms with Gasteiger partial charge in [0.05, 0.1) is 30.6 Å². The fraction of sp³-hybridized carbons (Fsp3) is 0.519. The summed E-state index contributed by atoms with van der Waals surface area (Å²) in [5, 5.41) is 10.9. The Kier molecular flexibility index (Phi) is 6.47. The van der Waals surface area contributed by atoms with E-state index in [0.29, 0.717) is 23.7 Å². The molecule has 0 bridgehead atoms. The van der Waals surface area contributed by atoms with E-state index < -0.39 is 35.6 Å². The lowest BCUT2D eigenvalue weighted by Gasteiger charge is -2.39. The van der Waals surface area contributed by atoms with Gasteiger partial charge >= 0.3 is 0 Å². The summed E-state index contributed by atoms with van der Waals surface area (Å²) in [6.07, 6.45) is 7.27. The Hall–Kier alpha value is -2.68. The van der Waals surface area contributed by atoms with Crippen molar-refractivity contribution >= 4 is 35.0 Å². The van der Waals surface area contributed by atoms with E-state index >= 15 is 0 Å². The van der Waals surface area contributed by atoms with Crippen LogP contribution in [0.25, 0.3) is 0 Å². The maximum Gasteiger partial charge on any atom is 0.253 e. The Morgan fingerprint density at radius 3 is 2.47 bits per heavy atom. The molecule has 3 amide bonds. The minimum atomic E-state index is -1.31. The number of likely N-dealkylation sites (N-methyl/N-ethyl adjacent to an activating group) is 1. The molecule has 5 rings (SSSR count). The van der Waals surface area contributed by atoms with Crippen molar-refractivity contribution in [2.75, 3.05) is 31.6 Å². The molecule has 2 saturated heterocycles. The van der Waals surface area contributed by atoms with Crippen LogP contribution in [0.4, 0.5) is 5.69 Å². The number of halogens is 1. The molecular weight excluding hydrogens is 482 g/mol. The highest BCUT2D eigenvalue weighted by atomic mass is 35.5. The molecule has 36 heavy (non-hydrogen) atoms. The number of nitrogens with zero attached hydrogens (tertiary/aromatic N) is 3. The summed E-state index contributed by atoms with van der Waals surface area (Å²) >= 11 is 6.08. The van der Waals surface area contributed by atoms with Crippen molar-refractivity contribution in [2.45, 2.75) is 44.1 Å². The number of carbonyl (C=O) groups is 3. The maximum absolute atomic E-state index is 14.3. The van der Waals surface area contributed by atoms with Gasteiger partial charge in [-0.1, -0.05) is 49.8 Å². The van der Waals surface area contributed by atoms with Crippen LogP contribution in [0, 0.1) is 17.8 Å². The van der Waals surface area contributed by atoms with Crippen LogP contribution in [-0.2, 0) is 19.1 Å². The van der Waals surface area contributed by atoms with Crippen LogP contribution in [0.2, 0.25) is 5.02 Å². The molecule has 192 valence electrons. The highest BCUT2D eigenvalue weighted by molar-refractivity contribution is 6.30. The Labute approximate surface area is 216 Å². The predicted octanol–water partition coefficient (Wildman–Crippen LogP) is 2.26. The van der Waals surface area contributed by atoms with Crippen LogP contribution < -0.4 is 4.90 Å². The third kappa shape index (κ3) is 3.78. The van der Waals surface area contributed by atoms with Crippen molar-refractivity contribution in [1.29, 1.82) is 0 Å². The number of rotatable bonds is 5. The van der Waals surface area contributed by atoms with E-state index in [9.17, 15) is 19.5 Å². The number of benzene rings is 1. The molecule has 1 aromatic carbocycles. The van der Waals surface area contributed by atoms with Crippen molar-refractivity contribution in [2.24, 2.45) is 17.8 Å². The topological polar surface area (TPSA) is 90.4 Å². The van der Waals surface area contributed by atoms with Crippen molar-refractivity contribution in [3.05, 3.63) is 53.6 Å². The lowest BCUT2D eigenvalue weighted by molar-refractivity contribution is -0.146. The van der Waals surface area contributed by atoms with Gasteiger partial charge < -0.3 is 24.5 Å². The van der Waals surface area contributed by atoms with Gasteiger partial charge in [-0.25, -0.2) is 0 Å². The average molecular weight is 514 g/mol. The van der Waals surface area contributed by atoms with Gasteiger partial charge in [-0.3, -0.25) is 14.4 Å². The number of likely N-dealkylation sites (tertiary alicyclic amines) is 1. The van der Waals surface area contributed by atoms with Gasteiger partial charge in [0.25, 0.3) is 5.91 Å². The second-order valence-electron chi connectivity index (χ2n) is 10.5. The quantitative estimate of drug-likeness (QED) is 0.610. The molecule has 1 N–H and O–H groups in total. The normalized spacial score (nSPS) is 32.5. The molecule has 1 unspecified atom stereocenters. The molecule has 4 aliphatic rings. The Morgan fingerprint density at radius 1 is 1.08 bits per heavy atom. The van der Waals surface area contributed by atoms with Crippen LogP contribution in [0.15, 0.2) is 48.6 Å². The first-order valence-corrected chi connectivity index (χ1v) is 12.8. The zero-order valence-corrected chi connectivity index (χ0v) is 21.5. The molecule has 1 aromatic rings. The second-order valence-corrected chi connectivity index (χ2v) is 11.0. The fourth-order valence-electron chi connectivity index (χ4n) is 6.27. The van der Waals surface area contributed by atoms with E-state index in [2.05, 4.69) is 0 Å². The molecule has 4 heterocycles. The van der Waals surface area contributed by atoms with Gasteiger partial charge in [0.2, 0.25) is 11.8 Å². The number of aliphatic hydroxyl groups is 1. The van der Waals surface area contributed by atoms with Crippen LogP contribution in [0.3, 0.4) is 0 Å². The fourth-order valence-corrected chi connectivity index (χ4v) is 6.40. The standard InChI is InChI=1S/C27H32ClN3O5/c1-16(2)14-19(15-32)31-23-26(35)30(18-9-7-17(28)8-10-18)13-5-11-27(23)22(25(31)34)21-20(36-27)6-4-12-29(3)24(21)33/h4-11,16,19-23,32H,12-15H2,1-3H3/t19-,20+,21-,22+,23?,27+/m1/s1. The van der Waals surface area contributed by atoms with E-state index in [1.165, 1.54) is 4.90 Å². The number of hydrogen-bond donors (Lipinski definition) is 1. The minimum Gasteiger partial charge on any atom is -0.394 e. The maximum atomic E-state index is 14.3. The molecule has 0 aromatic heterocycles. The molecule has 0 radical (unpaired) electrons. The van der Waals surface area contributed by atoms with E-state index in [0.717, 1.165) is 0 Å². The largest absolute Gasteiger partial charge is 0.394 e. The summed E-state index contributed by atoms with van der Waals surface area (Å²) in [6, 6.07) is 5.37. The van der Waals surface area contributed by atoms with Gasteiger partial charge in [-0.2, -0.15) is 0 Å². The molecule has 2 fully saturated rings. The van der Waals surface area contributed by atoms with Crippen LogP contribution >= 0.6 is 11.6 Å². The summed E-state index contributed by atoms with van der Waals surface area (Å²) in [7, 11) is 1.71. The van der Waals surface area contributed by atoms with Crippen LogP contribution in [0.5, 0.6) is 0 Å². The molecule has 0 saturated carbocycles. The van der Waals surface area contributed by atoms with Crippen LogP contribution in [-0.4, -0.2) is 83.2 Å². The molecule has 9 heteroatoms. The number of amides is 3. The Morgan fingerprint density at radius 2 is 1.81 bits per heavy atom. The van der Waals surface area contributed by atoms with E-state index in [1.807, 2.05) is 38.2 Å². The van der Waals surface area contributed by atoms with E-state index in [4.69, 9.17) is 16.3 Å². The van der Waals surface area contributed by atoms with Gasteiger partial charge in [-0.05, 0) is 36.6 Å². The summed E-state index contributed by atoms with van der Waals surface area (Å²) in [5.41, 5.74) is -0.665. The third-order valence-corrected chi connectivity index (χ3v) is 8.04. The summed E-state index contributed by atoms with van der Waals surface area (Å²) in [5.74, 6) is -2.23. The minimum absolute atomic E-state index is 0.176. The average Bonchev–Trinajstić information content (AvgIpc) is 3.17. The summed E-state index contributed by atoms with van der Waals surface area (Å²) in [6.45, 7) is 4.44. The smallest absolute Gasteiger partial charge is 0.253 e. The molecule has 6 atom stereocenters. The zero-order chi connectivity index (χ0) is 25.8. The van der Waals surface area contributed by atoms with E-state index in [-0.39, 0.29) is 36.8 Å². The number of hydrogen-bond acceptors (Lipinski definition) is 5. The third-order valence-electron chi connectivity index (χ3n) is 7.78. The monoisotopic (exact) mass is 513 g/mol. The summed E-state index contributed by atoms with van der Waals surface area (Å²) < 4.78 is 6.60. The lowest BCUT2D eigenvalue weighted by atomic mass is 9.77. The predicted molar refractivity (Wildman–Crippen MR) is 135 cm³/mol. The lowest BCUT2D eigenvalue weighted by Crippen LogP contribution is -2.58. The number of aliphatic hydroxyl groups excluding tert-OH is 1. The van der Waals surface area contributed by atoms with Gasteiger partial charge in [-0.15, -0.1) is 0 Å². The number of fused-ring (bicyclic) bond motifs is 2. The number of carbonyl (C=O) groups excluding carboxylic acids is 3. The van der Waals surface area contributed by atoms with Crippen LogP contribution in [0.1, 0.15) is 20.3 Å². The molecule has 1 spiro atoms. The van der Waals surface area contributed by atoms with Gasteiger partial charge in [0.1, 0.15) is 11.6 Å². The first kappa shape index (κ1) is 25.0. The second kappa shape index (κ2) is 9.32. The first-order valence-electron chi connectivity index (χ1n) is 12.5. The van der Waals surface area contributed by atoms with E-state index in [1.54, 1.807) is 41.1 Å². The van der Waals surface area contributed by atoms with Crippen molar-refractivity contribution < 1.29 is 24.2 Å². The summed E-state index contributed by atoms with van der Waals surface area (Å²) in [4.78, 5) is 46.7. The Balaban J connectivity index is 1.65. The first-order chi connectivity index (χ1) is 17.2. The highest BCUT2D eigenvalue weighted by Gasteiger charge is 2.72. The molecule has 0 aliphatic carbocycles. The highest BCUT2D eigenvalue weighted by Crippen LogP contribution is 2.54. The number of ether oxygens (including phenoxy) is 1.